The third-order valence-corrected chi connectivity index (χ3v) is 6.91. The maximum absolute atomic E-state index is 13.1. The van der Waals surface area contributed by atoms with E-state index in [1.807, 2.05) is 19.9 Å². The number of nitrogens with one attached hydrogen (secondary N) is 1. The summed E-state index contributed by atoms with van der Waals surface area (Å²) in [5, 5.41) is 2.65. The molecule has 1 saturated heterocycles. The van der Waals surface area contributed by atoms with Gasteiger partial charge in [-0.1, -0.05) is 6.07 Å². The van der Waals surface area contributed by atoms with Crippen LogP contribution >= 0.6 is 0 Å². The minimum absolute atomic E-state index is 0.00330. The maximum atomic E-state index is 13.1. The number of pyridine rings is 2. The number of rotatable bonds is 4. The number of carbonyl (C=O) groups is 2. The molecule has 0 aliphatic carbocycles. The Bertz CT molecular complexity index is 1380. The highest BCUT2D eigenvalue weighted by atomic mass is 19.4. The van der Waals surface area contributed by atoms with Gasteiger partial charge in [-0.15, -0.1) is 0 Å². The van der Waals surface area contributed by atoms with E-state index in [0.29, 0.717) is 37.0 Å². The molecule has 1 fully saturated rings. The van der Waals surface area contributed by atoms with E-state index in [4.69, 9.17) is 4.74 Å². The first kappa shape index (κ1) is 24.9. The van der Waals surface area contributed by atoms with Crippen LogP contribution in [0.1, 0.15) is 46.4 Å². The van der Waals surface area contributed by atoms with E-state index in [1.54, 1.807) is 17.2 Å². The van der Waals surface area contributed by atoms with Gasteiger partial charge in [0, 0.05) is 47.7 Å². The van der Waals surface area contributed by atoms with E-state index in [-0.39, 0.29) is 23.3 Å². The van der Waals surface area contributed by atoms with Crippen molar-refractivity contribution < 1.29 is 27.5 Å². The SMILES string of the molecule is CCN1C(=O)C2COCCC2c2cc(-c3cc(NC(=O)c4cccc(C(F)(F)F)c4)cnc3C)cnc21. The van der Waals surface area contributed by atoms with Crippen LogP contribution in [-0.4, -0.2) is 41.5 Å². The average molecular weight is 511 g/mol. The number of hydrogen-bond acceptors (Lipinski definition) is 5. The topological polar surface area (TPSA) is 84.4 Å². The fourth-order valence-corrected chi connectivity index (χ4v) is 5.02. The fourth-order valence-electron chi connectivity index (χ4n) is 5.02. The standard InChI is InChI=1S/C27H25F3N4O3/c1-3-34-24-22(20-7-8-37-14-23(20)26(34)36)10-17(12-32-24)21-11-19(13-31-15(21)2)33-25(35)16-5-4-6-18(9-16)27(28,29)30/h4-6,9-13,20,23H,3,7-8,14H2,1-2H3,(H,33,35). The summed E-state index contributed by atoms with van der Waals surface area (Å²) in [5.74, 6) is -0.247. The molecule has 4 heterocycles. The summed E-state index contributed by atoms with van der Waals surface area (Å²) in [6, 6.07) is 8.00. The van der Waals surface area contributed by atoms with Gasteiger partial charge >= 0.3 is 6.18 Å². The Hall–Kier alpha value is -3.79. The molecule has 2 amide bonds. The number of amides is 2. The first-order valence-corrected chi connectivity index (χ1v) is 12.0. The van der Waals surface area contributed by atoms with E-state index in [9.17, 15) is 22.8 Å². The van der Waals surface area contributed by atoms with Crippen molar-refractivity contribution in [3.05, 3.63) is 71.2 Å². The molecule has 5 rings (SSSR count). The van der Waals surface area contributed by atoms with E-state index >= 15 is 0 Å². The molecule has 0 bridgehead atoms. The molecule has 37 heavy (non-hydrogen) atoms. The number of aryl methyl sites for hydroxylation is 1. The molecule has 1 aromatic carbocycles. The van der Waals surface area contributed by atoms with Gasteiger partial charge in [0.05, 0.1) is 30.0 Å². The van der Waals surface area contributed by atoms with Gasteiger partial charge in [0.15, 0.2) is 0 Å². The number of benzene rings is 1. The van der Waals surface area contributed by atoms with Crippen molar-refractivity contribution in [2.75, 3.05) is 30.0 Å². The fraction of sp³-hybridized carbons (Fsp3) is 0.333. The molecule has 0 saturated carbocycles. The van der Waals surface area contributed by atoms with E-state index < -0.39 is 17.6 Å². The third-order valence-electron chi connectivity index (χ3n) is 6.91. The van der Waals surface area contributed by atoms with Gasteiger partial charge in [-0.05, 0) is 56.2 Å². The molecular formula is C27H25F3N4O3. The quantitative estimate of drug-likeness (QED) is 0.521. The van der Waals surface area contributed by atoms with Crippen LogP contribution in [-0.2, 0) is 15.7 Å². The summed E-state index contributed by atoms with van der Waals surface area (Å²) in [5.41, 5.74) is 2.51. The first-order chi connectivity index (χ1) is 17.7. The van der Waals surface area contributed by atoms with Gasteiger partial charge in [0.25, 0.3) is 5.91 Å². The lowest BCUT2D eigenvalue weighted by Gasteiger charge is -2.40. The van der Waals surface area contributed by atoms with Gasteiger partial charge in [0.1, 0.15) is 5.82 Å². The lowest BCUT2D eigenvalue weighted by atomic mass is 9.78. The lowest BCUT2D eigenvalue weighted by Crippen LogP contribution is -2.47. The van der Waals surface area contributed by atoms with Crippen LogP contribution in [0.5, 0.6) is 0 Å². The molecule has 2 aliphatic rings. The molecular weight excluding hydrogens is 485 g/mol. The monoisotopic (exact) mass is 510 g/mol. The number of alkyl halides is 3. The van der Waals surface area contributed by atoms with Crippen molar-refractivity contribution in [2.24, 2.45) is 5.92 Å². The molecule has 10 heteroatoms. The predicted octanol–water partition coefficient (Wildman–Crippen LogP) is 5.21. The molecule has 2 aromatic heterocycles. The number of hydrogen-bond donors (Lipinski definition) is 1. The lowest BCUT2D eigenvalue weighted by molar-refractivity contribution is -0.137. The van der Waals surface area contributed by atoms with Crippen molar-refractivity contribution in [2.45, 2.75) is 32.4 Å². The van der Waals surface area contributed by atoms with Crippen molar-refractivity contribution >= 4 is 23.3 Å². The molecule has 192 valence electrons. The highest BCUT2D eigenvalue weighted by Gasteiger charge is 2.42. The second-order valence-electron chi connectivity index (χ2n) is 9.19. The van der Waals surface area contributed by atoms with Crippen molar-refractivity contribution in [1.29, 1.82) is 0 Å². The molecule has 1 N–H and O–H groups in total. The first-order valence-electron chi connectivity index (χ1n) is 12.0. The van der Waals surface area contributed by atoms with Crippen molar-refractivity contribution in [3.8, 4) is 11.1 Å². The molecule has 2 atom stereocenters. The van der Waals surface area contributed by atoms with Crippen molar-refractivity contribution in [1.82, 2.24) is 9.97 Å². The zero-order valence-electron chi connectivity index (χ0n) is 20.3. The second-order valence-corrected chi connectivity index (χ2v) is 9.19. The summed E-state index contributed by atoms with van der Waals surface area (Å²) in [6.45, 7) is 5.18. The Labute approximate surface area is 211 Å². The molecule has 0 spiro atoms. The number of carbonyl (C=O) groups excluding carboxylic acids is 2. The summed E-state index contributed by atoms with van der Waals surface area (Å²) < 4.78 is 44.8. The van der Waals surface area contributed by atoms with Crippen LogP contribution in [0, 0.1) is 12.8 Å². The Morgan fingerprint density at radius 3 is 2.73 bits per heavy atom. The van der Waals surface area contributed by atoms with Crippen LogP contribution in [0.25, 0.3) is 11.1 Å². The number of anilines is 2. The van der Waals surface area contributed by atoms with Crippen LogP contribution in [0.3, 0.4) is 0 Å². The Kier molecular flexibility index (Phi) is 6.45. The Morgan fingerprint density at radius 1 is 1.16 bits per heavy atom. The van der Waals surface area contributed by atoms with E-state index in [0.717, 1.165) is 35.2 Å². The number of nitrogens with zero attached hydrogens (tertiary/aromatic N) is 3. The summed E-state index contributed by atoms with van der Waals surface area (Å²) >= 11 is 0. The normalized spacial score (nSPS) is 19.3. The molecule has 3 aromatic rings. The highest BCUT2D eigenvalue weighted by Crippen LogP contribution is 2.44. The van der Waals surface area contributed by atoms with Gasteiger partial charge < -0.3 is 10.1 Å². The minimum Gasteiger partial charge on any atom is -0.381 e. The molecule has 2 aliphatic heterocycles. The summed E-state index contributed by atoms with van der Waals surface area (Å²) in [7, 11) is 0. The van der Waals surface area contributed by atoms with Gasteiger partial charge in [-0.3, -0.25) is 19.5 Å². The zero-order valence-corrected chi connectivity index (χ0v) is 20.3. The van der Waals surface area contributed by atoms with E-state index in [2.05, 4.69) is 15.3 Å². The number of ether oxygens (including phenoxy) is 1. The summed E-state index contributed by atoms with van der Waals surface area (Å²) in [4.78, 5) is 36.4. The van der Waals surface area contributed by atoms with Gasteiger partial charge in [-0.2, -0.15) is 13.2 Å². The molecule has 7 nitrogen and oxygen atoms in total. The number of aromatic nitrogens is 2. The number of halogens is 3. The second kappa shape index (κ2) is 9.59. The van der Waals surface area contributed by atoms with E-state index in [1.165, 1.54) is 18.3 Å². The van der Waals surface area contributed by atoms with Crippen molar-refractivity contribution in [3.63, 3.8) is 0 Å². The Balaban J connectivity index is 1.47. The third kappa shape index (κ3) is 4.69. The summed E-state index contributed by atoms with van der Waals surface area (Å²) in [6.07, 6.45) is -0.689. The maximum Gasteiger partial charge on any atom is 0.416 e. The number of fused-ring (bicyclic) bond motifs is 3. The Morgan fingerprint density at radius 2 is 1.97 bits per heavy atom. The highest BCUT2D eigenvalue weighted by molar-refractivity contribution is 6.04. The molecule has 2 unspecified atom stereocenters. The van der Waals surface area contributed by atoms with Crippen LogP contribution in [0.15, 0.2) is 48.8 Å². The van der Waals surface area contributed by atoms with Gasteiger partial charge in [0.2, 0.25) is 5.91 Å². The van der Waals surface area contributed by atoms with Crippen LogP contribution in [0.4, 0.5) is 24.7 Å². The minimum atomic E-state index is -4.55. The van der Waals surface area contributed by atoms with Crippen LogP contribution in [0.2, 0.25) is 0 Å². The zero-order chi connectivity index (χ0) is 26.3. The molecule has 0 radical (unpaired) electrons. The van der Waals surface area contributed by atoms with Crippen LogP contribution < -0.4 is 10.2 Å². The largest absolute Gasteiger partial charge is 0.416 e. The predicted molar refractivity (Wildman–Crippen MR) is 131 cm³/mol. The smallest absolute Gasteiger partial charge is 0.381 e. The van der Waals surface area contributed by atoms with Gasteiger partial charge in [-0.25, -0.2) is 4.98 Å². The average Bonchev–Trinajstić information content (AvgIpc) is 2.89.